The molecule has 0 aromatic heterocycles. The van der Waals surface area contributed by atoms with Crippen molar-refractivity contribution in [1.82, 2.24) is 10.6 Å². The smallest absolute Gasteiger partial charge is 0.355 e. The Morgan fingerprint density at radius 2 is 1.64 bits per heavy atom. The second-order valence-corrected chi connectivity index (χ2v) is 5.03. The highest BCUT2D eigenvalue weighted by Gasteiger charge is 2.37. The standard InChI is InChI=1S/C17H20N2O6/c1-4-24-15(20)12-13(10-6-8-11(23-3)9-7-10)18-17(22)19-14(12)16(21)25-5-2/h6-9,13H,4-5H2,1-3H3,(H2,18,19,22)/t13-/m1/s1. The van der Waals surface area contributed by atoms with Crippen molar-refractivity contribution in [1.29, 1.82) is 0 Å². The number of esters is 2. The van der Waals surface area contributed by atoms with Gasteiger partial charge >= 0.3 is 18.0 Å². The summed E-state index contributed by atoms with van der Waals surface area (Å²) in [7, 11) is 1.53. The molecule has 0 radical (unpaired) electrons. The molecule has 2 amide bonds. The number of urea groups is 1. The number of hydrogen-bond donors (Lipinski definition) is 2. The monoisotopic (exact) mass is 348 g/mol. The van der Waals surface area contributed by atoms with Crippen LogP contribution in [0.2, 0.25) is 0 Å². The number of nitrogens with one attached hydrogen (secondary N) is 2. The predicted molar refractivity (Wildman–Crippen MR) is 87.7 cm³/mol. The van der Waals surface area contributed by atoms with Gasteiger partial charge < -0.3 is 24.8 Å². The predicted octanol–water partition coefficient (Wildman–Crippen LogP) is 1.43. The highest BCUT2D eigenvalue weighted by molar-refractivity contribution is 6.05. The number of amides is 2. The largest absolute Gasteiger partial charge is 0.497 e. The summed E-state index contributed by atoms with van der Waals surface area (Å²) in [5, 5.41) is 4.97. The first-order valence-electron chi connectivity index (χ1n) is 7.81. The molecule has 25 heavy (non-hydrogen) atoms. The van der Waals surface area contributed by atoms with Gasteiger partial charge in [0, 0.05) is 0 Å². The topological polar surface area (TPSA) is 103 Å². The fourth-order valence-electron chi connectivity index (χ4n) is 2.40. The third-order valence-electron chi connectivity index (χ3n) is 3.50. The molecule has 0 saturated heterocycles. The number of rotatable bonds is 6. The zero-order valence-electron chi connectivity index (χ0n) is 14.3. The lowest BCUT2D eigenvalue weighted by atomic mass is 9.95. The van der Waals surface area contributed by atoms with Gasteiger partial charge in [-0.15, -0.1) is 0 Å². The lowest BCUT2D eigenvalue weighted by molar-refractivity contribution is -0.142. The van der Waals surface area contributed by atoms with Gasteiger partial charge in [0.25, 0.3) is 0 Å². The van der Waals surface area contributed by atoms with Crippen molar-refractivity contribution in [3.8, 4) is 5.75 Å². The van der Waals surface area contributed by atoms with E-state index < -0.39 is 24.0 Å². The van der Waals surface area contributed by atoms with Crippen LogP contribution in [0.3, 0.4) is 0 Å². The van der Waals surface area contributed by atoms with Gasteiger partial charge in [-0.2, -0.15) is 0 Å². The summed E-state index contributed by atoms with van der Waals surface area (Å²) in [6, 6.07) is 5.30. The minimum Gasteiger partial charge on any atom is -0.497 e. The summed E-state index contributed by atoms with van der Waals surface area (Å²) in [6.45, 7) is 3.52. The highest BCUT2D eigenvalue weighted by atomic mass is 16.5. The summed E-state index contributed by atoms with van der Waals surface area (Å²) in [5.41, 5.74) is 0.371. The van der Waals surface area contributed by atoms with Crippen molar-refractivity contribution in [3.63, 3.8) is 0 Å². The Labute approximate surface area is 145 Å². The number of carbonyl (C=O) groups is 3. The van der Waals surface area contributed by atoms with Gasteiger partial charge in [0.2, 0.25) is 0 Å². The highest BCUT2D eigenvalue weighted by Crippen LogP contribution is 2.29. The molecular weight excluding hydrogens is 328 g/mol. The van der Waals surface area contributed by atoms with Gasteiger partial charge in [0.15, 0.2) is 0 Å². The van der Waals surface area contributed by atoms with Crippen molar-refractivity contribution in [2.45, 2.75) is 19.9 Å². The average Bonchev–Trinajstić information content (AvgIpc) is 2.61. The molecule has 1 aromatic rings. The Bertz CT molecular complexity index is 696. The van der Waals surface area contributed by atoms with Gasteiger partial charge in [-0.3, -0.25) is 0 Å². The molecule has 1 aliphatic heterocycles. The van der Waals surface area contributed by atoms with E-state index in [0.717, 1.165) is 0 Å². The molecule has 1 aromatic carbocycles. The van der Waals surface area contributed by atoms with Crippen LogP contribution in [0, 0.1) is 0 Å². The van der Waals surface area contributed by atoms with Crippen LogP contribution in [-0.2, 0) is 19.1 Å². The fraction of sp³-hybridized carbons (Fsp3) is 0.353. The molecular formula is C17H20N2O6. The van der Waals surface area contributed by atoms with Crippen LogP contribution in [-0.4, -0.2) is 38.3 Å². The fourth-order valence-corrected chi connectivity index (χ4v) is 2.40. The van der Waals surface area contributed by atoms with Gasteiger partial charge in [-0.1, -0.05) is 12.1 Å². The Morgan fingerprint density at radius 1 is 1.04 bits per heavy atom. The maximum atomic E-state index is 12.4. The molecule has 2 N–H and O–H groups in total. The van der Waals surface area contributed by atoms with Crippen molar-refractivity contribution in [2.24, 2.45) is 0 Å². The van der Waals surface area contributed by atoms with E-state index in [4.69, 9.17) is 14.2 Å². The molecule has 2 rings (SSSR count). The van der Waals surface area contributed by atoms with Crippen LogP contribution in [0.25, 0.3) is 0 Å². The third-order valence-corrected chi connectivity index (χ3v) is 3.50. The SMILES string of the molecule is CCOC(=O)C1=C(C(=O)OCC)[C@@H](c2ccc(OC)cc2)NC(=O)N1. The molecule has 1 aliphatic rings. The first kappa shape index (κ1) is 18.3. The normalized spacial score (nSPS) is 16.6. The molecule has 8 nitrogen and oxygen atoms in total. The summed E-state index contributed by atoms with van der Waals surface area (Å²) in [5.74, 6) is -0.880. The quantitative estimate of drug-likeness (QED) is 0.754. The maximum Gasteiger partial charge on any atom is 0.355 e. The first-order chi connectivity index (χ1) is 12.0. The van der Waals surface area contributed by atoms with E-state index in [1.807, 2.05) is 0 Å². The van der Waals surface area contributed by atoms with Crippen LogP contribution >= 0.6 is 0 Å². The molecule has 0 saturated carbocycles. The summed E-state index contributed by atoms with van der Waals surface area (Å²) >= 11 is 0. The lowest BCUT2D eigenvalue weighted by Gasteiger charge is -2.28. The minimum absolute atomic E-state index is 0.00920. The van der Waals surface area contributed by atoms with Crippen LogP contribution in [0.4, 0.5) is 4.79 Å². The summed E-state index contributed by atoms with van der Waals surface area (Å²) in [6.07, 6.45) is 0. The van der Waals surface area contributed by atoms with E-state index in [2.05, 4.69) is 10.6 Å². The van der Waals surface area contributed by atoms with E-state index in [1.165, 1.54) is 7.11 Å². The maximum absolute atomic E-state index is 12.4. The van der Waals surface area contributed by atoms with E-state index in [-0.39, 0.29) is 24.5 Å². The molecule has 0 spiro atoms. The Balaban J connectivity index is 2.52. The number of carbonyl (C=O) groups excluding carboxylic acids is 3. The zero-order chi connectivity index (χ0) is 18.4. The first-order valence-corrected chi connectivity index (χ1v) is 7.81. The van der Waals surface area contributed by atoms with Crippen LogP contribution in [0.1, 0.15) is 25.5 Å². The molecule has 1 atom stereocenters. The zero-order valence-corrected chi connectivity index (χ0v) is 14.3. The second-order valence-electron chi connectivity index (χ2n) is 5.03. The number of ether oxygens (including phenoxy) is 3. The van der Waals surface area contributed by atoms with Gasteiger partial charge in [0.1, 0.15) is 11.4 Å². The van der Waals surface area contributed by atoms with Crippen molar-refractivity contribution in [2.75, 3.05) is 20.3 Å². The molecule has 0 fully saturated rings. The van der Waals surface area contributed by atoms with Gasteiger partial charge in [-0.25, -0.2) is 14.4 Å². The molecule has 8 heteroatoms. The van der Waals surface area contributed by atoms with Gasteiger partial charge in [0.05, 0.1) is 31.9 Å². The van der Waals surface area contributed by atoms with E-state index in [1.54, 1.807) is 38.1 Å². The van der Waals surface area contributed by atoms with E-state index in [0.29, 0.717) is 11.3 Å². The molecule has 134 valence electrons. The Hall–Kier alpha value is -3.03. The number of benzene rings is 1. The van der Waals surface area contributed by atoms with Crippen molar-refractivity contribution in [3.05, 3.63) is 41.1 Å². The van der Waals surface area contributed by atoms with Gasteiger partial charge in [-0.05, 0) is 31.5 Å². The van der Waals surface area contributed by atoms with E-state index >= 15 is 0 Å². The Kier molecular flexibility index (Phi) is 5.99. The Morgan fingerprint density at radius 3 is 2.20 bits per heavy atom. The van der Waals surface area contributed by atoms with Crippen molar-refractivity contribution < 1.29 is 28.6 Å². The summed E-state index contributed by atoms with van der Waals surface area (Å²) < 4.78 is 15.1. The minimum atomic E-state index is -0.849. The van der Waals surface area contributed by atoms with E-state index in [9.17, 15) is 14.4 Å². The van der Waals surface area contributed by atoms with Crippen LogP contribution < -0.4 is 15.4 Å². The summed E-state index contributed by atoms with van der Waals surface area (Å²) in [4.78, 5) is 36.6. The van der Waals surface area contributed by atoms with Crippen LogP contribution in [0.15, 0.2) is 35.5 Å². The molecule has 1 heterocycles. The molecule has 0 aliphatic carbocycles. The van der Waals surface area contributed by atoms with Crippen LogP contribution in [0.5, 0.6) is 5.75 Å². The number of hydrogen-bond acceptors (Lipinski definition) is 6. The lowest BCUT2D eigenvalue weighted by Crippen LogP contribution is -2.48. The molecule has 0 bridgehead atoms. The second kappa shape index (κ2) is 8.18. The average molecular weight is 348 g/mol. The van der Waals surface area contributed by atoms with Crippen molar-refractivity contribution >= 4 is 18.0 Å². The molecule has 0 unspecified atom stereocenters. The third kappa shape index (κ3) is 4.09. The number of methoxy groups -OCH3 is 1.